The second-order valence-corrected chi connectivity index (χ2v) is 36.4. The van der Waals surface area contributed by atoms with Gasteiger partial charge in [-0.05, 0) is 149 Å². The molecule has 18 aromatic rings. The summed E-state index contributed by atoms with van der Waals surface area (Å²) < 4.78 is 6.41. The quantitative estimate of drug-likeness (QED) is 0.0813. The second-order valence-electron chi connectivity index (χ2n) is 25.7. The molecule has 8 heteroatoms. The maximum Gasteiger partial charge on any atom is 0.179 e. The minimum absolute atomic E-state index is 0. The number of hydrogen-bond acceptors (Lipinski definition) is 4. The van der Waals surface area contributed by atoms with E-state index in [9.17, 15) is 0 Å². The molecule has 0 aliphatic rings. The fourth-order valence-electron chi connectivity index (χ4n) is 14.8. The zero-order valence-electron chi connectivity index (χ0n) is 57.1. The Bertz CT molecular complexity index is 5620. The van der Waals surface area contributed by atoms with Gasteiger partial charge in [0, 0.05) is 81.7 Å². The van der Waals surface area contributed by atoms with Crippen LogP contribution in [0.2, 0.25) is 0 Å². The van der Waals surface area contributed by atoms with Gasteiger partial charge in [0.05, 0.1) is 0 Å². The zero-order chi connectivity index (χ0) is 69.2. The Morgan fingerprint density at radius 3 is 0.868 bits per heavy atom. The van der Waals surface area contributed by atoms with Crippen molar-refractivity contribution >= 4 is 173 Å². The molecule has 0 amide bonds. The summed E-state index contributed by atoms with van der Waals surface area (Å²) in [7, 11) is -5.06. The molecule has 16 aromatic carbocycles. The van der Waals surface area contributed by atoms with Crippen LogP contribution in [0.5, 0.6) is 0 Å². The molecule has 2 aromatic heterocycles. The monoisotopic (exact) mass is 1490 g/mol. The molecule has 2 nitrogen and oxygen atoms in total. The summed E-state index contributed by atoms with van der Waals surface area (Å²) in [6.45, 7) is 0. The number of anilines is 5. The van der Waals surface area contributed by atoms with E-state index < -0.39 is 16.1 Å². The SMILES string of the molecule is Brc1ccc2c(c1)sc1cc(-c3ccccc3)ccc12.C.C.[B].c1ccc(-c2ccc3c(c2)sc2cc(N(c4ccccc4)c4ccc([Si](c5ccccc5)(c5ccccc5)c5ccccc5)cc4)ccc23)cc1.c1ccc(Nc2ccc([Si](c3ccccc3)(c3ccccc3)c3ccccc3)cc2)cc1. The van der Waals surface area contributed by atoms with Crippen LogP contribution < -0.4 is 51.7 Å². The first-order valence-electron chi connectivity index (χ1n) is 34.9. The lowest BCUT2D eigenvalue weighted by molar-refractivity contribution is 1.29. The van der Waals surface area contributed by atoms with E-state index in [1.807, 2.05) is 28.7 Å². The van der Waals surface area contributed by atoms with Crippen molar-refractivity contribution < 1.29 is 0 Å². The summed E-state index contributed by atoms with van der Waals surface area (Å²) in [5, 5.41) is 19.8. The van der Waals surface area contributed by atoms with Crippen molar-refractivity contribution in [3.8, 4) is 22.3 Å². The van der Waals surface area contributed by atoms with Crippen molar-refractivity contribution in [1.82, 2.24) is 0 Å². The van der Waals surface area contributed by atoms with Crippen LogP contribution in [0.1, 0.15) is 14.9 Å². The maximum absolute atomic E-state index is 3.55. The third kappa shape index (κ3) is 14.8. The summed E-state index contributed by atoms with van der Waals surface area (Å²) >= 11 is 7.27. The first-order valence-corrected chi connectivity index (χ1v) is 41.3. The number of thiophene rings is 2. The highest BCUT2D eigenvalue weighted by molar-refractivity contribution is 9.10. The molecule has 0 aliphatic heterocycles. The number of benzene rings is 16. The number of fused-ring (bicyclic) bond motifs is 6. The Balaban J connectivity index is 0.000000154. The first kappa shape index (κ1) is 72.9. The van der Waals surface area contributed by atoms with E-state index in [-0.39, 0.29) is 23.3 Å². The molecule has 0 saturated carbocycles. The van der Waals surface area contributed by atoms with Gasteiger partial charge in [0.2, 0.25) is 0 Å². The Kier molecular flexibility index (Phi) is 23.1. The predicted molar refractivity (Wildman–Crippen MR) is 475 cm³/mol. The lowest BCUT2D eigenvalue weighted by Gasteiger charge is -2.35. The van der Waals surface area contributed by atoms with Gasteiger partial charge >= 0.3 is 0 Å². The fraction of sp³-hybridized carbons (Fsp3) is 0.0204. The van der Waals surface area contributed by atoms with Crippen LogP contribution in [0.3, 0.4) is 0 Å². The molecule has 2 heterocycles. The van der Waals surface area contributed by atoms with Gasteiger partial charge in [-0.25, -0.2) is 0 Å². The Morgan fingerprint density at radius 1 is 0.226 bits per heavy atom. The van der Waals surface area contributed by atoms with Crippen LogP contribution in [0.15, 0.2) is 429 Å². The molecule has 0 unspecified atom stereocenters. The molecule has 0 atom stereocenters. The van der Waals surface area contributed by atoms with Crippen LogP contribution in [0.4, 0.5) is 28.4 Å². The predicted octanol–water partition coefficient (Wildman–Crippen LogP) is 22.8. The third-order valence-electron chi connectivity index (χ3n) is 19.6. The number of nitrogens with one attached hydrogen (secondary N) is 1. The van der Waals surface area contributed by atoms with E-state index in [0.717, 1.165) is 32.9 Å². The Morgan fingerprint density at radius 2 is 0.491 bits per heavy atom. The van der Waals surface area contributed by atoms with Gasteiger partial charge in [-0.2, -0.15) is 0 Å². The van der Waals surface area contributed by atoms with E-state index in [2.05, 4.69) is 445 Å². The topological polar surface area (TPSA) is 15.3 Å². The molecule has 3 radical (unpaired) electrons. The van der Waals surface area contributed by atoms with E-state index in [0.29, 0.717) is 0 Å². The molecule has 0 bridgehead atoms. The van der Waals surface area contributed by atoms with Gasteiger partial charge in [0.25, 0.3) is 0 Å². The van der Waals surface area contributed by atoms with Crippen LogP contribution in [-0.2, 0) is 0 Å². The Hall–Kier alpha value is -11.5. The standard InChI is InChI=1S/C48H35NSSi.C30H25NSi.C18H11BrS.2CH4.B/c1-6-16-36(17-7-1)37-26-32-45-46-33-29-40(35-48(46)50-47(45)34-37)49(38-18-8-2-9-19-38)39-27-30-44(31-28-39)51(41-20-10-3-11-21-41,42-22-12-4-13-23-42)43-24-14-5-15-25-43;1-5-13-25(14-6-1)31-26-21-23-30(24-22-26)32(27-15-7-2-8-16-27,28-17-9-3-10-18-28)29-19-11-4-12-20-29;19-14-7-9-16-15-8-6-13(12-4-2-1-3-5-12)10-17(15)20-18(16)11-14;;;/h1-35H;1-24,31H;1-11H;2*1H4;. The molecule has 511 valence electrons. The van der Waals surface area contributed by atoms with E-state index >= 15 is 0 Å². The number of nitrogens with zero attached hydrogens (tertiary/aromatic N) is 1. The van der Waals surface area contributed by atoms with Crippen LogP contribution in [0.25, 0.3) is 62.6 Å². The number of halogens is 1. The molecule has 106 heavy (non-hydrogen) atoms. The molecular weight excluding hydrogens is 1420 g/mol. The number of rotatable bonds is 15. The summed E-state index contributed by atoms with van der Waals surface area (Å²) in [5.41, 5.74) is 10.7. The smallest absolute Gasteiger partial charge is 0.179 e. The molecule has 0 saturated heterocycles. The summed E-state index contributed by atoms with van der Waals surface area (Å²) in [6, 6.07) is 154. The Labute approximate surface area is 644 Å². The van der Waals surface area contributed by atoms with Crippen molar-refractivity contribution in [3.63, 3.8) is 0 Å². The summed E-state index contributed by atoms with van der Waals surface area (Å²) in [4.78, 5) is 2.39. The van der Waals surface area contributed by atoms with Gasteiger partial charge < -0.3 is 10.2 Å². The minimum Gasteiger partial charge on any atom is -0.356 e. The summed E-state index contributed by atoms with van der Waals surface area (Å²) in [5.74, 6) is 0. The fourth-order valence-corrected chi connectivity index (χ4v) is 27.1. The molecule has 18 rings (SSSR count). The van der Waals surface area contributed by atoms with Crippen LogP contribution in [-0.4, -0.2) is 24.6 Å². The van der Waals surface area contributed by atoms with Gasteiger partial charge in [0.1, 0.15) is 0 Å². The highest BCUT2D eigenvalue weighted by Gasteiger charge is 2.43. The highest BCUT2D eigenvalue weighted by Crippen LogP contribution is 2.42. The lowest BCUT2D eigenvalue weighted by Crippen LogP contribution is -2.74. The van der Waals surface area contributed by atoms with Gasteiger partial charge in [-0.3, -0.25) is 0 Å². The average Bonchev–Trinajstić information content (AvgIpc) is 1.06. The zero-order valence-corrected chi connectivity index (χ0v) is 62.4. The average molecular weight is 1500 g/mol. The first-order chi connectivity index (χ1) is 51.0. The van der Waals surface area contributed by atoms with Gasteiger partial charge in [0.15, 0.2) is 16.1 Å². The maximum atomic E-state index is 3.55. The molecule has 0 aliphatic carbocycles. The minimum atomic E-state index is -2.62. The van der Waals surface area contributed by atoms with Crippen molar-refractivity contribution in [1.29, 1.82) is 0 Å². The molecule has 0 fully saturated rings. The molecular formula is C98H79BBrN2S2Si2. The van der Waals surface area contributed by atoms with E-state index in [1.54, 1.807) is 0 Å². The summed E-state index contributed by atoms with van der Waals surface area (Å²) in [6.07, 6.45) is 0. The third-order valence-corrected chi connectivity index (χ3v) is 31.9. The normalized spacial score (nSPS) is 11.0. The van der Waals surface area contributed by atoms with Crippen molar-refractivity contribution in [2.45, 2.75) is 14.9 Å². The molecule has 0 spiro atoms. The lowest BCUT2D eigenvalue weighted by atomic mass is 10.0. The van der Waals surface area contributed by atoms with Gasteiger partial charge in [-0.15, -0.1) is 22.7 Å². The van der Waals surface area contributed by atoms with Crippen LogP contribution in [0, 0.1) is 0 Å². The van der Waals surface area contributed by atoms with Gasteiger partial charge in [-0.1, -0.05) is 370 Å². The van der Waals surface area contributed by atoms with E-state index in [4.69, 9.17) is 0 Å². The largest absolute Gasteiger partial charge is 0.356 e. The number of hydrogen-bond donors (Lipinski definition) is 1. The second kappa shape index (κ2) is 33.5. The van der Waals surface area contributed by atoms with Crippen LogP contribution >= 0.6 is 38.6 Å². The highest BCUT2D eigenvalue weighted by atomic mass is 79.9. The number of para-hydroxylation sites is 2. The van der Waals surface area contributed by atoms with Crippen molar-refractivity contribution in [3.05, 3.63) is 429 Å². The van der Waals surface area contributed by atoms with E-state index in [1.165, 1.54) is 104 Å². The van der Waals surface area contributed by atoms with Crippen molar-refractivity contribution in [2.75, 3.05) is 10.2 Å². The van der Waals surface area contributed by atoms with Crippen molar-refractivity contribution in [2.24, 2.45) is 0 Å². The molecule has 1 N–H and O–H groups in total.